The van der Waals surface area contributed by atoms with Gasteiger partial charge in [0.05, 0.1) is 17.0 Å². The lowest BCUT2D eigenvalue weighted by Gasteiger charge is -2.32. The highest BCUT2D eigenvalue weighted by Crippen LogP contribution is 2.25. The maximum Gasteiger partial charge on any atom is 0.244 e. The number of anilines is 1. The molecule has 0 aliphatic heterocycles. The number of sulfonamides is 1. The van der Waals surface area contributed by atoms with E-state index in [1.54, 1.807) is 31.2 Å². The molecule has 186 valence electrons. The van der Waals surface area contributed by atoms with E-state index >= 15 is 0 Å². The average molecular weight is 532 g/mol. The van der Waals surface area contributed by atoms with E-state index in [0.29, 0.717) is 17.0 Å². The van der Waals surface area contributed by atoms with Gasteiger partial charge in [0.25, 0.3) is 0 Å². The molecule has 0 radical (unpaired) electrons. The molecule has 0 fully saturated rings. The number of amides is 2. The van der Waals surface area contributed by atoms with Gasteiger partial charge in [-0.05, 0) is 50.1 Å². The smallest absolute Gasteiger partial charge is 0.244 e. The first-order chi connectivity index (χ1) is 15.8. The molecule has 2 aromatic carbocycles. The van der Waals surface area contributed by atoms with Crippen molar-refractivity contribution in [1.29, 1.82) is 0 Å². The molecule has 0 saturated carbocycles. The SMILES string of the molecule is CC[C@@H](C)NC(=O)[C@@H](C)N(Cc1ccccc1Cl)C(=O)CN(c1ccc(F)c(Cl)c1)S(C)(=O)=O. The molecule has 0 aliphatic carbocycles. The molecule has 1 N–H and O–H groups in total. The maximum absolute atomic E-state index is 13.6. The Morgan fingerprint density at radius 2 is 1.74 bits per heavy atom. The standard InChI is InChI=1S/C23H28Cl2FN3O4S/c1-5-15(2)27-23(31)16(3)28(13-17-8-6-7-9-19(17)24)22(30)14-29(34(4,32)33)18-10-11-21(26)20(25)12-18/h6-12,15-16H,5,13-14H2,1-4H3,(H,27,31)/t15-,16-/m1/s1. The van der Waals surface area contributed by atoms with Crippen molar-refractivity contribution in [3.05, 3.63) is 63.9 Å². The number of benzene rings is 2. The molecule has 0 heterocycles. The Kier molecular flexibility index (Phi) is 9.73. The second kappa shape index (κ2) is 11.9. The summed E-state index contributed by atoms with van der Waals surface area (Å²) in [5.41, 5.74) is 0.619. The first-order valence-corrected chi connectivity index (χ1v) is 13.2. The third kappa shape index (κ3) is 7.32. The topological polar surface area (TPSA) is 86.8 Å². The van der Waals surface area contributed by atoms with Crippen molar-refractivity contribution in [2.45, 2.75) is 45.8 Å². The van der Waals surface area contributed by atoms with E-state index in [-0.39, 0.29) is 29.2 Å². The Morgan fingerprint density at radius 1 is 1.09 bits per heavy atom. The minimum absolute atomic E-state index is 0.0185. The highest BCUT2D eigenvalue weighted by Gasteiger charge is 2.31. The first kappa shape index (κ1) is 27.9. The van der Waals surface area contributed by atoms with Crippen LogP contribution in [0.4, 0.5) is 10.1 Å². The first-order valence-electron chi connectivity index (χ1n) is 10.6. The van der Waals surface area contributed by atoms with Crippen LogP contribution in [0.3, 0.4) is 0 Å². The number of halogens is 3. The van der Waals surface area contributed by atoms with E-state index in [4.69, 9.17) is 23.2 Å². The molecule has 2 atom stereocenters. The molecule has 7 nitrogen and oxygen atoms in total. The van der Waals surface area contributed by atoms with E-state index in [1.165, 1.54) is 11.0 Å². The van der Waals surface area contributed by atoms with Crippen molar-refractivity contribution in [3.63, 3.8) is 0 Å². The summed E-state index contributed by atoms with van der Waals surface area (Å²) in [5.74, 6) is -1.75. The lowest BCUT2D eigenvalue weighted by atomic mass is 10.1. The van der Waals surface area contributed by atoms with Gasteiger partial charge in [0.15, 0.2) is 0 Å². The summed E-state index contributed by atoms with van der Waals surface area (Å²) in [7, 11) is -3.95. The summed E-state index contributed by atoms with van der Waals surface area (Å²) in [4.78, 5) is 27.5. The Hall–Kier alpha value is -2.36. The highest BCUT2D eigenvalue weighted by atomic mass is 35.5. The number of nitrogens with zero attached hydrogens (tertiary/aromatic N) is 2. The molecule has 2 aromatic rings. The summed E-state index contributed by atoms with van der Waals surface area (Å²) in [6.45, 7) is 4.68. The predicted octanol–water partition coefficient (Wildman–Crippen LogP) is 4.23. The van der Waals surface area contributed by atoms with E-state index < -0.39 is 34.3 Å². The number of rotatable bonds is 10. The van der Waals surface area contributed by atoms with Crippen molar-refractivity contribution in [2.75, 3.05) is 17.1 Å². The van der Waals surface area contributed by atoms with Crippen LogP contribution in [0, 0.1) is 5.82 Å². The Balaban J connectivity index is 2.42. The Morgan fingerprint density at radius 3 is 2.29 bits per heavy atom. The number of carbonyl (C=O) groups excluding carboxylic acids is 2. The fourth-order valence-corrected chi connectivity index (χ4v) is 4.32. The second-order valence-electron chi connectivity index (χ2n) is 7.97. The number of carbonyl (C=O) groups is 2. The average Bonchev–Trinajstić information content (AvgIpc) is 2.77. The number of hydrogen-bond acceptors (Lipinski definition) is 4. The third-order valence-corrected chi connectivity index (χ3v) is 7.14. The van der Waals surface area contributed by atoms with E-state index in [1.807, 2.05) is 13.8 Å². The lowest BCUT2D eigenvalue weighted by Crippen LogP contribution is -2.52. The highest BCUT2D eigenvalue weighted by molar-refractivity contribution is 7.92. The summed E-state index contributed by atoms with van der Waals surface area (Å²) >= 11 is 12.1. The van der Waals surface area contributed by atoms with Crippen LogP contribution in [0.15, 0.2) is 42.5 Å². The van der Waals surface area contributed by atoms with Gasteiger partial charge in [0.2, 0.25) is 21.8 Å². The predicted molar refractivity (Wildman–Crippen MR) is 133 cm³/mol. The molecule has 11 heteroatoms. The van der Waals surface area contributed by atoms with Crippen LogP contribution in [0.1, 0.15) is 32.8 Å². The molecule has 0 aliphatic rings. The summed E-state index contributed by atoms with van der Waals surface area (Å²) < 4.78 is 39.5. The van der Waals surface area contributed by atoms with Crippen LogP contribution in [-0.4, -0.2) is 50.0 Å². The molecular weight excluding hydrogens is 504 g/mol. The summed E-state index contributed by atoms with van der Waals surface area (Å²) in [5, 5.41) is 2.96. The maximum atomic E-state index is 13.6. The van der Waals surface area contributed by atoms with Gasteiger partial charge < -0.3 is 10.2 Å². The zero-order valence-corrected chi connectivity index (χ0v) is 21.7. The molecule has 34 heavy (non-hydrogen) atoms. The second-order valence-corrected chi connectivity index (χ2v) is 10.7. The van der Waals surface area contributed by atoms with Gasteiger partial charge in [-0.1, -0.05) is 48.3 Å². The van der Waals surface area contributed by atoms with Crippen LogP contribution >= 0.6 is 23.2 Å². The molecule has 0 saturated heterocycles. The van der Waals surface area contributed by atoms with E-state index in [2.05, 4.69) is 5.32 Å². The quantitative estimate of drug-likeness (QED) is 0.496. The Labute approximate surface area is 209 Å². The third-order valence-electron chi connectivity index (χ3n) is 5.34. The Bertz CT molecular complexity index is 1150. The zero-order valence-electron chi connectivity index (χ0n) is 19.4. The molecule has 0 bridgehead atoms. The van der Waals surface area contributed by atoms with Crippen molar-refractivity contribution < 1.29 is 22.4 Å². The lowest BCUT2D eigenvalue weighted by molar-refractivity contribution is -0.139. The van der Waals surface area contributed by atoms with Gasteiger partial charge in [-0.25, -0.2) is 12.8 Å². The summed E-state index contributed by atoms with van der Waals surface area (Å²) in [6, 6.07) is 9.19. The molecular formula is C23H28Cl2FN3O4S. The van der Waals surface area contributed by atoms with Crippen LogP contribution in [0.2, 0.25) is 10.0 Å². The van der Waals surface area contributed by atoms with Crippen LogP contribution in [-0.2, 0) is 26.2 Å². The normalized spacial score (nSPS) is 13.1. The van der Waals surface area contributed by atoms with Gasteiger partial charge in [-0.15, -0.1) is 0 Å². The molecule has 0 spiro atoms. The van der Waals surface area contributed by atoms with Crippen LogP contribution in [0.5, 0.6) is 0 Å². The number of hydrogen-bond donors (Lipinski definition) is 1. The van der Waals surface area contributed by atoms with E-state index in [9.17, 15) is 22.4 Å². The molecule has 0 aromatic heterocycles. The monoisotopic (exact) mass is 531 g/mol. The fraction of sp³-hybridized carbons (Fsp3) is 0.391. The summed E-state index contributed by atoms with van der Waals surface area (Å²) in [6.07, 6.45) is 1.62. The van der Waals surface area contributed by atoms with Gasteiger partial charge >= 0.3 is 0 Å². The minimum atomic E-state index is -3.95. The van der Waals surface area contributed by atoms with E-state index in [0.717, 1.165) is 22.7 Å². The van der Waals surface area contributed by atoms with Gasteiger partial charge in [-0.3, -0.25) is 13.9 Å². The van der Waals surface area contributed by atoms with Crippen LogP contribution in [0.25, 0.3) is 0 Å². The minimum Gasteiger partial charge on any atom is -0.352 e. The van der Waals surface area contributed by atoms with Gasteiger partial charge in [-0.2, -0.15) is 0 Å². The molecule has 0 unspecified atom stereocenters. The largest absolute Gasteiger partial charge is 0.352 e. The number of nitrogens with one attached hydrogen (secondary N) is 1. The fourth-order valence-electron chi connectivity index (χ4n) is 3.11. The molecule has 2 amide bonds. The van der Waals surface area contributed by atoms with Crippen molar-refractivity contribution in [3.8, 4) is 0 Å². The molecule has 2 rings (SSSR count). The van der Waals surface area contributed by atoms with Crippen molar-refractivity contribution in [1.82, 2.24) is 10.2 Å². The van der Waals surface area contributed by atoms with Gasteiger partial charge in [0, 0.05) is 17.6 Å². The van der Waals surface area contributed by atoms with Crippen molar-refractivity contribution >= 4 is 50.7 Å². The van der Waals surface area contributed by atoms with Crippen LogP contribution < -0.4 is 9.62 Å². The zero-order chi connectivity index (χ0) is 25.6. The van der Waals surface area contributed by atoms with Crippen molar-refractivity contribution in [2.24, 2.45) is 0 Å². The van der Waals surface area contributed by atoms with Gasteiger partial charge in [0.1, 0.15) is 18.4 Å².